The Morgan fingerprint density at radius 1 is 1.33 bits per heavy atom. The molecule has 0 radical (unpaired) electrons. The van der Waals surface area contributed by atoms with E-state index < -0.39 is 0 Å². The van der Waals surface area contributed by atoms with Crippen LogP contribution in [0.2, 0.25) is 0 Å². The van der Waals surface area contributed by atoms with E-state index in [0.717, 1.165) is 31.5 Å². The predicted octanol–water partition coefficient (Wildman–Crippen LogP) is 3.92. The summed E-state index contributed by atoms with van der Waals surface area (Å²) in [6, 6.07) is 5.63. The molecule has 0 aliphatic carbocycles. The monoisotopic (exact) mass is 329 g/mol. The zero-order valence-corrected chi connectivity index (χ0v) is 14.7. The Hall–Kier alpha value is -2.23. The summed E-state index contributed by atoms with van der Waals surface area (Å²) in [5, 5.41) is 0. The summed E-state index contributed by atoms with van der Waals surface area (Å²) in [6.45, 7) is 8.02. The van der Waals surface area contributed by atoms with Crippen molar-refractivity contribution >= 4 is 12.0 Å². The zero-order valence-electron chi connectivity index (χ0n) is 14.7. The van der Waals surface area contributed by atoms with Crippen molar-refractivity contribution in [2.24, 2.45) is 5.92 Å². The van der Waals surface area contributed by atoms with Crippen LogP contribution in [0.4, 0.5) is 0 Å². The summed E-state index contributed by atoms with van der Waals surface area (Å²) in [5.74, 6) is 2.10. The lowest BCUT2D eigenvalue weighted by Gasteiger charge is -2.18. The molecule has 130 valence electrons. The lowest BCUT2D eigenvalue weighted by atomic mass is 10.0. The average Bonchev–Trinajstić information content (AvgIpc) is 2.82. The molecule has 1 heterocycles. The van der Waals surface area contributed by atoms with Crippen LogP contribution in [0, 0.1) is 5.92 Å². The lowest BCUT2D eigenvalue weighted by molar-refractivity contribution is -0.125. The molecule has 0 spiro atoms. The van der Waals surface area contributed by atoms with Crippen LogP contribution in [0.1, 0.15) is 31.7 Å². The molecule has 1 atom stereocenters. The summed E-state index contributed by atoms with van der Waals surface area (Å²) in [6.07, 6.45) is 8.54. The minimum absolute atomic E-state index is 0.0788. The maximum Gasteiger partial charge on any atom is 0.246 e. The Labute approximate surface area is 144 Å². The normalized spacial score (nSPS) is 18.2. The van der Waals surface area contributed by atoms with Crippen LogP contribution in [-0.4, -0.2) is 37.6 Å². The van der Waals surface area contributed by atoms with Gasteiger partial charge in [0.1, 0.15) is 6.61 Å². The second-order valence-corrected chi connectivity index (χ2v) is 6.20. The van der Waals surface area contributed by atoms with Gasteiger partial charge in [-0.3, -0.25) is 4.79 Å². The number of methoxy groups -OCH3 is 1. The van der Waals surface area contributed by atoms with Crippen LogP contribution < -0.4 is 9.47 Å². The Morgan fingerprint density at radius 2 is 2.17 bits per heavy atom. The van der Waals surface area contributed by atoms with Crippen molar-refractivity contribution < 1.29 is 14.3 Å². The molecule has 1 amide bonds. The number of hydrogen-bond acceptors (Lipinski definition) is 3. The molecule has 0 unspecified atom stereocenters. The van der Waals surface area contributed by atoms with E-state index >= 15 is 0 Å². The number of carbonyl (C=O) groups excluding carboxylic acids is 1. The second-order valence-electron chi connectivity index (χ2n) is 6.20. The highest BCUT2D eigenvalue weighted by Gasteiger charge is 2.16. The minimum Gasteiger partial charge on any atom is -0.493 e. The van der Waals surface area contributed by atoms with Crippen molar-refractivity contribution in [3.05, 3.63) is 42.5 Å². The fraction of sp³-hybridized carbons (Fsp3) is 0.450. The second kappa shape index (κ2) is 9.16. The molecule has 0 bridgehead atoms. The molecule has 1 fully saturated rings. The number of likely N-dealkylation sites (tertiary alicyclic amines) is 1. The molecular weight excluding hydrogens is 302 g/mol. The number of carbonyl (C=O) groups is 1. The van der Waals surface area contributed by atoms with Crippen LogP contribution in [0.5, 0.6) is 11.5 Å². The summed E-state index contributed by atoms with van der Waals surface area (Å²) in [5.41, 5.74) is 0.911. The van der Waals surface area contributed by atoms with Gasteiger partial charge in [0.15, 0.2) is 11.5 Å². The van der Waals surface area contributed by atoms with Gasteiger partial charge in [-0.15, -0.1) is 0 Å². The summed E-state index contributed by atoms with van der Waals surface area (Å²) in [7, 11) is 1.60. The van der Waals surface area contributed by atoms with E-state index in [1.807, 2.05) is 29.2 Å². The van der Waals surface area contributed by atoms with Crippen LogP contribution in [0.25, 0.3) is 6.08 Å². The maximum atomic E-state index is 12.4. The van der Waals surface area contributed by atoms with Crippen molar-refractivity contribution in [2.75, 3.05) is 26.8 Å². The third kappa shape index (κ3) is 5.15. The maximum absolute atomic E-state index is 12.4. The number of nitrogens with zero attached hydrogens (tertiary/aromatic N) is 1. The quantitative estimate of drug-likeness (QED) is 0.586. The van der Waals surface area contributed by atoms with Gasteiger partial charge >= 0.3 is 0 Å². The molecule has 4 heteroatoms. The third-order valence-electron chi connectivity index (χ3n) is 4.29. The van der Waals surface area contributed by atoms with Crippen LogP contribution >= 0.6 is 0 Å². The number of rotatable bonds is 6. The molecule has 2 rings (SSSR count). The number of hydrogen-bond donors (Lipinski definition) is 0. The largest absolute Gasteiger partial charge is 0.493 e. The molecule has 0 saturated carbocycles. The van der Waals surface area contributed by atoms with E-state index in [1.54, 1.807) is 19.3 Å². The van der Waals surface area contributed by atoms with Gasteiger partial charge < -0.3 is 14.4 Å². The fourth-order valence-corrected chi connectivity index (χ4v) is 2.81. The van der Waals surface area contributed by atoms with Crippen molar-refractivity contribution in [1.82, 2.24) is 4.90 Å². The Morgan fingerprint density at radius 3 is 2.92 bits per heavy atom. The van der Waals surface area contributed by atoms with Gasteiger partial charge in [0.05, 0.1) is 7.11 Å². The predicted molar refractivity (Wildman–Crippen MR) is 97.3 cm³/mol. The van der Waals surface area contributed by atoms with E-state index in [1.165, 1.54) is 6.42 Å². The molecule has 1 saturated heterocycles. The molecule has 1 aromatic rings. The van der Waals surface area contributed by atoms with E-state index in [-0.39, 0.29) is 5.91 Å². The van der Waals surface area contributed by atoms with Gasteiger partial charge in [-0.05, 0) is 49.0 Å². The molecule has 4 nitrogen and oxygen atoms in total. The van der Waals surface area contributed by atoms with Gasteiger partial charge in [-0.25, -0.2) is 0 Å². The van der Waals surface area contributed by atoms with E-state index in [4.69, 9.17) is 9.47 Å². The summed E-state index contributed by atoms with van der Waals surface area (Å²) >= 11 is 0. The lowest BCUT2D eigenvalue weighted by Crippen LogP contribution is -2.30. The molecule has 24 heavy (non-hydrogen) atoms. The van der Waals surface area contributed by atoms with Gasteiger partial charge in [-0.2, -0.15) is 0 Å². The van der Waals surface area contributed by atoms with E-state index in [0.29, 0.717) is 24.0 Å². The highest BCUT2D eigenvalue weighted by molar-refractivity contribution is 5.91. The van der Waals surface area contributed by atoms with Crippen LogP contribution in [0.15, 0.2) is 36.9 Å². The summed E-state index contributed by atoms with van der Waals surface area (Å²) in [4.78, 5) is 14.3. The Bertz CT molecular complexity index is 595. The first kappa shape index (κ1) is 18.1. The van der Waals surface area contributed by atoms with E-state index in [9.17, 15) is 4.79 Å². The standard InChI is InChI=1S/C20H27NO3/c1-4-14-24-18-9-7-17(15-19(18)23-3)8-10-20(22)21-12-5-6-16(2)11-13-21/h4,7-10,15-16H,1,5-6,11-14H2,2-3H3/b10-8+/t16-/m1/s1. The van der Waals surface area contributed by atoms with Crippen molar-refractivity contribution in [1.29, 1.82) is 0 Å². The third-order valence-corrected chi connectivity index (χ3v) is 4.29. The van der Waals surface area contributed by atoms with Crippen molar-refractivity contribution in [3.8, 4) is 11.5 Å². The van der Waals surface area contributed by atoms with E-state index in [2.05, 4.69) is 13.5 Å². The minimum atomic E-state index is 0.0788. The van der Waals surface area contributed by atoms with Crippen molar-refractivity contribution in [2.45, 2.75) is 26.2 Å². The van der Waals surface area contributed by atoms with Gasteiger partial charge in [-0.1, -0.05) is 25.6 Å². The van der Waals surface area contributed by atoms with Crippen LogP contribution in [-0.2, 0) is 4.79 Å². The molecule has 0 N–H and O–H groups in total. The highest BCUT2D eigenvalue weighted by atomic mass is 16.5. The number of ether oxygens (including phenoxy) is 2. The zero-order chi connectivity index (χ0) is 17.4. The van der Waals surface area contributed by atoms with Crippen LogP contribution in [0.3, 0.4) is 0 Å². The Kier molecular flexibility index (Phi) is 6.91. The smallest absolute Gasteiger partial charge is 0.246 e. The molecule has 1 aliphatic heterocycles. The SMILES string of the molecule is C=CCOc1ccc(/C=C/C(=O)N2CCC[C@@H](C)CC2)cc1OC. The number of amides is 1. The number of benzene rings is 1. The highest BCUT2D eigenvalue weighted by Crippen LogP contribution is 2.28. The first-order valence-electron chi connectivity index (χ1n) is 8.52. The molecule has 1 aromatic carbocycles. The molecular formula is C20H27NO3. The topological polar surface area (TPSA) is 38.8 Å². The Balaban J connectivity index is 2.02. The van der Waals surface area contributed by atoms with Crippen molar-refractivity contribution in [3.63, 3.8) is 0 Å². The molecule has 1 aliphatic rings. The van der Waals surface area contributed by atoms with Gasteiger partial charge in [0.2, 0.25) is 5.91 Å². The van der Waals surface area contributed by atoms with Gasteiger partial charge in [0, 0.05) is 19.2 Å². The van der Waals surface area contributed by atoms with Gasteiger partial charge in [0.25, 0.3) is 0 Å². The fourth-order valence-electron chi connectivity index (χ4n) is 2.81. The first-order chi connectivity index (χ1) is 11.6. The average molecular weight is 329 g/mol. The summed E-state index contributed by atoms with van der Waals surface area (Å²) < 4.78 is 10.9. The molecule has 0 aromatic heterocycles. The first-order valence-corrected chi connectivity index (χ1v) is 8.52.